The molecule has 0 unspecified atom stereocenters. The first-order valence-electron chi connectivity index (χ1n) is 9.13. The molecule has 1 N–H and O–H groups in total. The van der Waals surface area contributed by atoms with Crippen LogP contribution in [0.3, 0.4) is 0 Å². The summed E-state index contributed by atoms with van der Waals surface area (Å²) in [6, 6.07) is 11.1. The van der Waals surface area contributed by atoms with Crippen LogP contribution in [0.4, 0.5) is 0 Å². The molecule has 0 radical (unpaired) electrons. The smallest absolute Gasteiger partial charge is 0.122 e. The van der Waals surface area contributed by atoms with Crippen LogP contribution in [0.5, 0.6) is 5.75 Å². The van der Waals surface area contributed by atoms with Gasteiger partial charge in [0.1, 0.15) is 5.75 Å². The van der Waals surface area contributed by atoms with Crippen LogP contribution in [0.25, 0.3) is 0 Å². The lowest BCUT2D eigenvalue weighted by atomic mass is 9.83. The molecule has 2 aromatic carbocycles. The molecule has 0 saturated heterocycles. The van der Waals surface area contributed by atoms with Crippen LogP contribution < -0.4 is 0 Å². The summed E-state index contributed by atoms with van der Waals surface area (Å²) in [5.74, 6) is 0.463. The third-order valence-corrected chi connectivity index (χ3v) is 4.55. The Morgan fingerprint density at radius 2 is 1.50 bits per heavy atom. The van der Waals surface area contributed by atoms with Crippen LogP contribution in [-0.2, 0) is 18.3 Å². The zero-order valence-electron chi connectivity index (χ0n) is 16.2. The lowest BCUT2D eigenvalue weighted by molar-refractivity contribution is 0.441. The highest BCUT2D eigenvalue weighted by molar-refractivity contribution is 5.49. The van der Waals surface area contributed by atoms with Gasteiger partial charge in [-0.3, -0.25) is 0 Å². The van der Waals surface area contributed by atoms with E-state index in [2.05, 4.69) is 71.9 Å². The summed E-state index contributed by atoms with van der Waals surface area (Å²) >= 11 is 0. The highest BCUT2D eigenvalue weighted by Gasteiger charge is 2.20. The number of hydrogen-bond donors (Lipinski definition) is 1. The highest BCUT2D eigenvalue weighted by atomic mass is 16.3. The molecular weight excluding hydrogens is 292 g/mol. The molecule has 2 rings (SSSR count). The van der Waals surface area contributed by atoms with E-state index in [1.165, 1.54) is 35.1 Å². The summed E-state index contributed by atoms with van der Waals surface area (Å²) in [5, 5.41) is 10.8. The number of phenolic OH excluding ortho intramolecular Hbond substituents is 1. The van der Waals surface area contributed by atoms with Crippen molar-refractivity contribution in [3.05, 3.63) is 63.7 Å². The molecule has 0 bridgehead atoms. The third kappa shape index (κ3) is 4.63. The number of benzene rings is 2. The second-order valence-corrected chi connectivity index (χ2v) is 8.18. The van der Waals surface area contributed by atoms with Crippen LogP contribution in [0.15, 0.2) is 30.3 Å². The Morgan fingerprint density at radius 3 is 2.12 bits per heavy atom. The first kappa shape index (κ1) is 18.6. The van der Waals surface area contributed by atoms with Gasteiger partial charge < -0.3 is 5.11 Å². The summed E-state index contributed by atoms with van der Waals surface area (Å²) in [7, 11) is 0. The van der Waals surface area contributed by atoms with E-state index in [1.54, 1.807) is 0 Å². The van der Waals surface area contributed by atoms with Crippen LogP contribution in [0.2, 0.25) is 0 Å². The molecule has 1 heteroatoms. The molecule has 0 aromatic heterocycles. The summed E-state index contributed by atoms with van der Waals surface area (Å²) in [6.45, 7) is 13.0. The van der Waals surface area contributed by atoms with E-state index in [-0.39, 0.29) is 5.41 Å². The minimum absolute atomic E-state index is 0.0518. The fraction of sp³-hybridized carbons (Fsp3) is 0.478. The average Bonchev–Trinajstić information content (AvgIpc) is 2.47. The van der Waals surface area contributed by atoms with Gasteiger partial charge in [-0.15, -0.1) is 0 Å². The van der Waals surface area contributed by atoms with E-state index in [1.807, 2.05) is 0 Å². The highest BCUT2D eigenvalue weighted by Crippen LogP contribution is 2.35. The summed E-state index contributed by atoms with van der Waals surface area (Å²) < 4.78 is 0. The van der Waals surface area contributed by atoms with Crippen molar-refractivity contribution in [2.75, 3.05) is 0 Å². The number of phenols is 1. The number of aryl methyl sites for hydroxylation is 3. The van der Waals surface area contributed by atoms with Crippen molar-refractivity contribution in [2.24, 2.45) is 0 Å². The molecule has 0 amide bonds. The van der Waals surface area contributed by atoms with Crippen molar-refractivity contribution >= 4 is 0 Å². The van der Waals surface area contributed by atoms with E-state index in [9.17, 15) is 5.11 Å². The second-order valence-electron chi connectivity index (χ2n) is 8.18. The van der Waals surface area contributed by atoms with Crippen molar-refractivity contribution in [1.29, 1.82) is 0 Å². The van der Waals surface area contributed by atoms with E-state index >= 15 is 0 Å². The predicted octanol–water partition coefficient (Wildman–Crippen LogP) is 6.24. The van der Waals surface area contributed by atoms with Crippen LogP contribution in [0.1, 0.15) is 73.9 Å². The van der Waals surface area contributed by atoms with Gasteiger partial charge in [-0.1, -0.05) is 75.6 Å². The molecule has 0 saturated carbocycles. The lowest BCUT2D eigenvalue weighted by Crippen LogP contribution is -2.12. The number of rotatable bonds is 5. The molecule has 0 aliphatic heterocycles. The zero-order valence-corrected chi connectivity index (χ0v) is 16.2. The standard InChI is InChI=1S/C23H32O/c1-7-8-9-18-10-16(2)11-19(14-18)15-20-12-17(3)13-21(22(20)24)23(4,5)6/h10-14,24H,7-9,15H2,1-6H3. The monoisotopic (exact) mass is 324 g/mol. The van der Waals surface area contributed by atoms with Crippen molar-refractivity contribution in [3.8, 4) is 5.75 Å². The average molecular weight is 325 g/mol. The van der Waals surface area contributed by atoms with Gasteiger partial charge in [-0.2, -0.15) is 0 Å². The largest absolute Gasteiger partial charge is 0.507 e. The molecule has 0 spiro atoms. The van der Waals surface area contributed by atoms with E-state index < -0.39 is 0 Å². The second kappa shape index (κ2) is 7.42. The van der Waals surface area contributed by atoms with Crippen LogP contribution in [0, 0.1) is 13.8 Å². The predicted molar refractivity (Wildman–Crippen MR) is 104 cm³/mol. The van der Waals surface area contributed by atoms with E-state index in [4.69, 9.17) is 0 Å². The molecule has 0 aliphatic rings. The van der Waals surface area contributed by atoms with Crippen molar-refractivity contribution in [1.82, 2.24) is 0 Å². The first-order chi connectivity index (χ1) is 11.2. The first-order valence-corrected chi connectivity index (χ1v) is 9.13. The molecule has 0 fully saturated rings. The fourth-order valence-corrected chi connectivity index (χ4v) is 3.36. The SMILES string of the molecule is CCCCc1cc(C)cc(Cc2cc(C)cc(C(C)(C)C)c2O)c1. The lowest BCUT2D eigenvalue weighted by Gasteiger charge is -2.23. The summed E-state index contributed by atoms with van der Waals surface area (Å²) in [5.41, 5.74) is 7.25. The summed E-state index contributed by atoms with van der Waals surface area (Å²) in [4.78, 5) is 0. The topological polar surface area (TPSA) is 20.2 Å². The third-order valence-electron chi connectivity index (χ3n) is 4.55. The Kier molecular flexibility index (Phi) is 5.74. The maximum Gasteiger partial charge on any atom is 0.122 e. The number of unbranched alkanes of at least 4 members (excludes halogenated alkanes) is 1. The molecule has 0 aliphatic carbocycles. The molecule has 130 valence electrons. The minimum atomic E-state index is -0.0518. The van der Waals surface area contributed by atoms with Crippen molar-refractivity contribution in [2.45, 2.75) is 72.6 Å². The minimum Gasteiger partial charge on any atom is -0.507 e. The quantitative estimate of drug-likeness (QED) is 0.690. The van der Waals surface area contributed by atoms with Crippen molar-refractivity contribution < 1.29 is 5.11 Å². The van der Waals surface area contributed by atoms with Gasteiger partial charge in [0.2, 0.25) is 0 Å². The van der Waals surface area contributed by atoms with Gasteiger partial charge in [0.15, 0.2) is 0 Å². The zero-order chi connectivity index (χ0) is 17.9. The Morgan fingerprint density at radius 1 is 0.875 bits per heavy atom. The number of hydrogen-bond acceptors (Lipinski definition) is 1. The van der Waals surface area contributed by atoms with E-state index in [0.717, 1.165) is 24.0 Å². The molecule has 0 heterocycles. The maximum atomic E-state index is 10.8. The molecule has 2 aromatic rings. The fourth-order valence-electron chi connectivity index (χ4n) is 3.36. The van der Waals surface area contributed by atoms with Gasteiger partial charge in [0.05, 0.1) is 0 Å². The molecule has 24 heavy (non-hydrogen) atoms. The maximum absolute atomic E-state index is 10.8. The Hall–Kier alpha value is -1.76. The van der Waals surface area contributed by atoms with Gasteiger partial charge >= 0.3 is 0 Å². The van der Waals surface area contributed by atoms with Crippen molar-refractivity contribution in [3.63, 3.8) is 0 Å². The van der Waals surface area contributed by atoms with Gasteiger partial charge in [0, 0.05) is 6.42 Å². The van der Waals surface area contributed by atoms with Crippen LogP contribution >= 0.6 is 0 Å². The Bertz CT molecular complexity index is 705. The Balaban J connectivity index is 2.38. The Labute approximate surface area is 147 Å². The van der Waals surface area contributed by atoms with Gasteiger partial charge in [0.25, 0.3) is 0 Å². The molecule has 1 nitrogen and oxygen atoms in total. The van der Waals surface area contributed by atoms with E-state index in [0.29, 0.717) is 5.75 Å². The molecule has 0 atom stereocenters. The van der Waals surface area contributed by atoms with Gasteiger partial charge in [-0.05, 0) is 54.4 Å². The van der Waals surface area contributed by atoms with Crippen LogP contribution in [-0.4, -0.2) is 5.11 Å². The molecular formula is C23H32O. The summed E-state index contributed by atoms with van der Waals surface area (Å²) in [6.07, 6.45) is 4.37. The van der Waals surface area contributed by atoms with Gasteiger partial charge in [-0.25, -0.2) is 0 Å². The normalized spacial score (nSPS) is 11.8. The number of aromatic hydroxyl groups is 1.